The summed E-state index contributed by atoms with van der Waals surface area (Å²) in [5, 5.41) is 1.75. The zero-order valence-corrected chi connectivity index (χ0v) is 15.0. The molecule has 2 aromatic heterocycles. The topological polar surface area (TPSA) is 74.8 Å². The van der Waals surface area contributed by atoms with Gasteiger partial charge in [-0.15, -0.1) is 0 Å². The van der Waals surface area contributed by atoms with Crippen molar-refractivity contribution < 1.29 is 8.42 Å². The van der Waals surface area contributed by atoms with Gasteiger partial charge in [-0.3, -0.25) is 0 Å². The molecular formula is C14H13Cl2N3O2S2. The summed E-state index contributed by atoms with van der Waals surface area (Å²) in [5.41, 5.74) is 2.13. The van der Waals surface area contributed by atoms with Gasteiger partial charge in [0, 0.05) is 28.7 Å². The van der Waals surface area contributed by atoms with Gasteiger partial charge < -0.3 is 4.98 Å². The molecule has 0 spiro atoms. The third-order valence-electron chi connectivity index (χ3n) is 3.37. The highest BCUT2D eigenvalue weighted by Gasteiger charge is 2.16. The number of aromatic amines is 1. The lowest BCUT2D eigenvalue weighted by Gasteiger charge is -2.04. The van der Waals surface area contributed by atoms with E-state index in [1.165, 1.54) is 6.20 Å². The van der Waals surface area contributed by atoms with Gasteiger partial charge in [0.25, 0.3) is 10.0 Å². The lowest BCUT2D eigenvalue weighted by atomic mass is 10.1. The first-order valence-electron chi connectivity index (χ1n) is 6.82. The summed E-state index contributed by atoms with van der Waals surface area (Å²) < 4.78 is 27.0. The van der Waals surface area contributed by atoms with Crippen LogP contribution in [0.25, 0.3) is 10.9 Å². The predicted octanol–water partition coefficient (Wildman–Crippen LogP) is 3.84. The minimum atomic E-state index is -3.54. The molecule has 23 heavy (non-hydrogen) atoms. The Labute approximate surface area is 147 Å². The Hall–Kier alpha value is -1.12. The number of hydrogen-bond acceptors (Lipinski definition) is 4. The third kappa shape index (κ3) is 3.87. The second-order valence-electron chi connectivity index (χ2n) is 4.94. The zero-order valence-electron chi connectivity index (χ0n) is 11.8. The van der Waals surface area contributed by atoms with Crippen molar-refractivity contribution in [3.8, 4) is 0 Å². The number of rotatable bonds is 6. The van der Waals surface area contributed by atoms with Gasteiger partial charge in [0.1, 0.15) is 0 Å². The molecular weight excluding hydrogens is 377 g/mol. The molecule has 0 aliphatic heterocycles. The van der Waals surface area contributed by atoms with Crippen molar-refractivity contribution in [2.24, 2.45) is 0 Å². The van der Waals surface area contributed by atoms with E-state index in [-0.39, 0.29) is 8.68 Å². The number of fused-ring (bicyclic) bond motifs is 1. The first kappa shape index (κ1) is 16.7. The maximum Gasteiger partial charge on any atom is 0.251 e. The van der Waals surface area contributed by atoms with Crippen LogP contribution in [-0.2, 0) is 16.4 Å². The van der Waals surface area contributed by atoms with Gasteiger partial charge in [-0.05, 0) is 36.6 Å². The van der Waals surface area contributed by atoms with Crippen LogP contribution in [-0.4, -0.2) is 24.9 Å². The number of aryl methyl sites for hydroxylation is 1. The van der Waals surface area contributed by atoms with Crippen molar-refractivity contribution >= 4 is 55.5 Å². The molecule has 1 aromatic carbocycles. The summed E-state index contributed by atoms with van der Waals surface area (Å²) in [6.07, 6.45) is 4.60. The number of hydrogen-bond donors (Lipinski definition) is 2. The Morgan fingerprint density at radius 3 is 2.87 bits per heavy atom. The van der Waals surface area contributed by atoms with Crippen LogP contribution in [0.15, 0.2) is 34.8 Å². The van der Waals surface area contributed by atoms with Crippen LogP contribution in [0.2, 0.25) is 9.49 Å². The van der Waals surface area contributed by atoms with Crippen LogP contribution < -0.4 is 4.72 Å². The molecule has 0 fully saturated rings. The molecule has 0 saturated carbocycles. The molecule has 0 atom stereocenters. The lowest BCUT2D eigenvalue weighted by Crippen LogP contribution is -2.24. The van der Waals surface area contributed by atoms with Crippen molar-refractivity contribution in [2.75, 3.05) is 6.54 Å². The van der Waals surface area contributed by atoms with E-state index >= 15 is 0 Å². The van der Waals surface area contributed by atoms with Crippen LogP contribution >= 0.6 is 34.5 Å². The fraction of sp³-hybridized carbons (Fsp3) is 0.214. The standard InChI is InChI=1S/C14H13Cl2N3O2S2/c15-10-3-4-12-11(6-10)9(7-17-12)2-1-5-19-23(20,21)13-8-18-14(16)22-13/h3-4,6-8,17,19H,1-2,5H2. The fourth-order valence-electron chi connectivity index (χ4n) is 2.28. The first-order chi connectivity index (χ1) is 11.0. The van der Waals surface area contributed by atoms with Crippen LogP contribution in [0.1, 0.15) is 12.0 Å². The van der Waals surface area contributed by atoms with E-state index in [1.807, 2.05) is 24.4 Å². The molecule has 2 N–H and O–H groups in total. The molecule has 0 aliphatic rings. The molecule has 0 saturated heterocycles. The molecule has 2 heterocycles. The maximum absolute atomic E-state index is 12.0. The van der Waals surface area contributed by atoms with Gasteiger partial charge in [-0.1, -0.05) is 34.5 Å². The zero-order chi connectivity index (χ0) is 16.4. The molecule has 0 amide bonds. The van der Waals surface area contributed by atoms with Gasteiger partial charge >= 0.3 is 0 Å². The number of halogens is 2. The quantitative estimate of drug-likeness (QED) is 0.628. The monoisotopic (exact) mass is 389 g/mol. The number of H-pyrrole nitrogens is 1. The SMILES string of the molecule is O=S(=O)(NCCCc1c[nH]c2ccc(Cl)cc12)c1cnc(Cl)s1. The maximum atomic E-state index is 12.0. The fourth-order valence-corrected chi connectivity index (χ4v) is 4.86. The van der Waals surface area contributed by atoms with E-state index < -0.39 is 10.0 Å². The van der Waals surface area contributed by atoms with Gasteiger partial charge in [0.05, 0.1) is 6.20 Å². The van der Waals surface area contributed by atoms with E-state index in [2.05, 4.69) is 14.7 Å². The van der Waals surface area contributed by atoms with Crippen molar-refractivity contribution in [1.29, 1.82) is 0 Å². The summed E-state index contributed by atoms with van der Waals surface area (Å²) >= 11 is 12.6. The van der Waals surface area contributed by atoms with E-state index in [9.17, 15) is 8.42 Å². The average Bonchev–Trinajstić information content (AvgIpc) is 3.10. The second kappa shape index (κ2) is 6.78. The summed E-state index contributed by atoms with van der Waals surface area (Å²) in [7, 11) is -3.54. The number of sulfonamides is 1. The average molecular weight is 390 g/mol. The molecule has 0 radical (unpaired) electrons. The minimum Gasteiger partial charge on any atom is -0.361 e. The molecule has 122 valence electrons. The predicted molar refractivity (Wildman–Crippen MR) is 93.9 cm³/mol. The molecule has 5 nitrogen and oxygen atoms in total. The normalized spacial score (nSPS) is 12.1. The van der Waals surface area contributed by atoms with Gasteiger partial charge in [-0.25, -0.2) is 18.1 Å². The van der Waals surface area contributed by atoms with Gasteiger partial charge in [-0.2, -0.15) is 0 Å². The van der Waals surface area contributed by atoms with Gasteiger partial charge in [0.2, 0.25) is 0 Å². The van der Waals surface area contributed by atoms with Crippen molar-refractivity contribution in [3.05, 3.63) is 45.6 Å². The molecule has 3 rings (SSSR count). The summed E-state index contributed by atoms with van der Waals surface area (Å²) in [6.45, 7) is 0.338. The summed E-state index contributed by atoms with van der Waals surface area (Å²) in [5.74, 6) is 0. The minimum absolute atomic E-state index is 0.126. The van der Waals surface area contributed by atoms with Crippen molar-refractivity contribution in [2.45, 2.75) is 17.1 Å². The summed E-state index contributed by atoms with van der Waals surface area (Å²) in [4.78, 5) is 6.92. The van der Waals surface area contributed by atoms with Crippen molar-refractivity contribution in [3.63, 3.8) is 0 Å². The highest BCUT2D eigenvalue weighted by molar-refractivity contribution is 7.91. The second-order valence-corrected chi connectivity index (χ2v) is 8.98. The van der Waals surface area contributed by atoms with E-state index in [0.717, 1.165) is 34.2 Å². The Morgan fingerprint density at radius 2 is 2.13 bits per heavy atom. The lowest BCUT2D eigenvalue weighted by molar-refractivity contribution is 0.581. The Kier molecular flexibility index (Phi) is 4.93. The molecule has 0 unspecified atom stereocenters. The number of benzene rings is 1. The highest BCUT2D eigenvalue weighted by Crippen LogP contribution is 2.24. The smallest absolute Gasteiger partial charge is 0.251 e. The number of nitrogens with one attached hydrogen (secondary N) is 2. The van der Waals surface area contributed by atoms with Crippen LogP contribution in [0.3, 0.4) is 0 Å². The number of nitrogens with zero attached hydrogens (tertiary/aromatic N) is 1. The highest BCUT2D eigenvalue weighted by atomic mass is 35.5. The summed E-state index contributed by atoms with van der Waals surface area (Å²) in [6, 6.07) is 5.67. The van der Waals surface area contributed by atoms with E-state index in [1.54, 1.807) is 0 Å². The number of thiazole rings is 1. The molecule has 9 heteroatoms. The largest absolute Gasteiger partial charge is 0.361 e. The molecule has 0 aliphatic carbocycles. The molecule has 3 aromatic rings. The Bertz CT molecular complexity index is 935. The number of aromatic nitrogens is 2. The Morgan fingerprint density at radius 1 is 1.30 bits per heavy atom. The Balaban J connectivity index is 1.60. The van der Waals surface area contributed by atoms with E-state index in [4.69, 9.17) is 23.2 Å². The first-order valence-corrected chi connectivity index (χ1v) is 9.88. The third-order valence-corrected chi connectivity index (χ3v) is 6.64. The van der Waals surface area contributed by atoms with Crippen LogP contribution in [0, 0.1) is 0 Å². The van der Waals surface area contributed by atoms with Crippen LogP contribution in [0.5, 0.6) is 0 Å². The van der Waals surface area contributed by atoms with E-state index in [0.29, 0.717) is 18.0 Å². The van der Waals surface area contributed by atoms with Crippen molar-refractivity contribution in [1.82, 2.24) is 14.7 Å². The van der Waals surface area contributed by atoms with Gasteiger partial charge in [0.15, 0.2) is 8.68 Å². The van der Waals surface area contributed by atoms with Crippen LogP contribution in [0.4, 0.5) is 0 Å². The molecule has 0 bridgehead atoms.